The van der Waals surface area contributed by atoms with Crippen molar-refractivity contribution in [2.45, 2.75) is 36.8 Å². The molecule has 3 atom stereocenters. The first-order valence-corrected chi connectivity index (χ1v) is 9.95. The van der Waals surface area contributed by atoms with E-state index in [0.29, 0.717) is 5.57 Å². The van der Waals surface area contributed by atoms with E-state index in [4.69, 9.17) is 0 Å². The summed E-state index contributed by atoms with van der Waals surface area (Å²) in [6.07, 6.45) is 1.89. The highest BCUT2D eigenvalue weighted by Crippen LogP contribution is 2.40. The minimum Gasteiger partial charge on any atom is -0.293 e. The van der Waals surface area contributed by atoms with Gasteiger partial charge in [0.1, 0.15) is 5.25 Å². The molecule has 0 spiro atoms. The van der Waals surface area contributed by atoms with Crippen molar-refractivity contribution >= 4 is 15.6 Å². The van der Waals surface area contributed by atoms with E-state index in [1.54, 1.807) is 31.2 Å². The van der Waals surface area contributed by atoms with E-state index in [2.05, 4.69) is 0 Å². The van der Waals surface area contributed by atoms with E-state index in [1.807, 2.05) is 50.3 Å². The Kier molecular flexibility index (Phi) is 4.65. The number of aryl methyl sites for hydroxylation is 1. The maximum Gasteiger partial charge on any atom is 0.189 e. The van der Waals surface area contributed by atoms with E-state index in [0.717, 1.165) is 11.1 Å². The fourth-order valence-electron chi connectivity index (χ4n) is 3.61. The van der Waals surface area contributed by atoms with Crippen LogP contribution in [0.4, 0.5) is 0 Å². The SMILES string of the molecule is CC1=C[C@H](C)C(c2ccccc2)[C@H](S(=O)(=O)c2ccc(C)cc2)C1=O. The lowest BCUT2D eigenvalue weighted by Gasteiger charge is -2.34. The molecule has 0 bridgehead atoms. The number of benzene rings is 2. The first-order valence-electron chi connectivity index (χ1n) is 8.40. The molecule has 0 saturated carbocycles. The van der Waals surface area contributed by atoms with Crippen LogP contribution in [-0.2, 0) is 14.6 Å². The van der Waals surface area contributed by atoms with Gasteiger partial charge in [-0.15, -0.1) is 0 Å². The molecule has 0 fully saturated rings. The van der Waals surface area contributed by atoms with Crippen LogP contribution in [-0.4, -0.2) is 19.5 Å². The number of ketones is 1. The highest BCUT2D eigenvalue weighted by Gasteiger charge is 2.45. The monoisotopic (exact) mass is 354 g/mol. The summed E-state index contributed by atoms with van der Waals surface area (Å²) in [6.45, 7) is 5.59. The van der Waals surface area contributed by atoms with Gasteiger partial charge in [0.15, 0.2) is 15.6 Å². The number of hydrogen-bond acceptors (Lipinski definition) is 3. The molecule has 0 amide bonds. The molecule has 3 nitrogen and oxygen atoms in total. The molecule has 2 aromatic carbocycles. The summed E-state index contributed by atoms with van der Waals surface area (Å²) >= 11 is 0. The van der Waals surface area contributed by atoms with E-state index < -0.39 is 15.1 Å². The molecule has 0 saturated heterocycles. The predicted molar refractivity (Wildman–Crippen MR) is 99.3 cm³/mol. The number of allylic oxidation sites excluding steroid dienone is 2. The maximum atomic E-state index is 13.3. The van der Waals surface area contributed by atoms with E-state index >= 15 is 0 Å². The zero-order valence-corrected chi connectivity index (χ0v) is 15.5. The molecule has 2 aromatic rings. The smallest absolute Gasteiger partial charge is 0.189 e. The van der Waals surface area contributed by atoms with Gasteiger partial charge >= 0.3 is 0 Å². The molecule has 3 rings (SSSR count). The fourth-order valence-corrected chi connectivity index (χ4v) is 5.67. The van der Waals surface area contributed by atoms with Crippen LogP contribution in [0.1, 0.15) is 30.9 Å². The Labute approximate surface area is 149 Å². The van der Waals surface area contributed by atoms with E-state index in [9.17, 15) is 13.2 Å². The topological polar surface area (TPSA) is 51.2 Å². The molecule has 25 heavy (non-hydrogen) atoms. The lowest BCUT2D eigenvalue weighted by molar-refractivity contribution is -0.116. The number of sulfone groups is 1. The molecular weight excluding hydrogens is 332 g/mol. The number of Topliss-reactive ketones (excluding diaryl/α,β-unsaturated/α-hetero) is 1. The average Bonchev–Trinajstić information content (AvgIpc) is 2.58. The van der Waals surface area contributed by atoms with Crippen LogP contribution in [0.15, 0.2) is 71.1 Å². The number of carbonyl (C=O) groups excluding carboxylic acids is 1. The van der Waals surface area contributed by atoms with Crippen LogP contribution < -0.4 is 0 Å². The summed E-state index contributed by atoms with van der Waals surface area (Å²) in [6, 6.07) is 16.2. The van der Waals surface area contributed by atoms with Gasteiger partial charge in [-0.05, 0) is 43.0 Å². The average molecular weight is 354 g/mol. The summed E-state index contributed by atoms with van der Waals surface area (Å²) in [5.74, 6) is -0.721. The van der Waals surface area contributed by atoms with Crippen LogP contribution in [0.2, 0.25) is 0 Å². The summed E-state index contributed by atoms with van der Waals surface area (Å²) in [5.41, 5.74) is 2.39. The highest BCUT2D eigenvalue weighted by atomic mass is 32.2. The van der Waals surface area contributed by atoms with Crippen LogP contribution in [0, 0.1) is 12.8 Å². The molecule has 0 heterocycles. The molecule has 0 aliphatic heterocycles. The van der Waals surface area contributed by atoms with Gasteiger partial charge in [0.25, 0.3) is 0 Å². The van der Waals surface area contributed by atoms with Gasteiger partial charge in [-0.1, -0.05) is 61.0 Å². The van der Waals surface area contributed by atoms with Gasteiger partial charge in [0.2, 0.25) is 0 Å². The predicted octanol–water partition coefficient (Wildman–Crippen LogP) is 4.09. The Morgan fingerprint density at radius 2 is 1.48 bits per heavy atom. The lowest BCUT2D eigenvalue weighted by atomic mass is 9.77. The molecule has 0 N–H and O–H groups in total. The summed E-state index contributed by atoms with van der Waals surface area (Å²) in [4.78, 5) is 13.1. The van der Waals surface area contributed by atoms with Crippen molar-refractivity contribution < 1.29 is 13.2 Å². The zero-order chi connectivity index (χ0) is 18.2. The quantitative estimate of drug-likeness (QED) is 0.834. The van der Waals surface area contributed by atoms with Gasteiger partial charge in [-0.3, -0.25) is 4.79 Å². The fraction of sp³-hybridized carbons (Fsp3) is 0.286. The Hall–Kier alpha value is -2.20. The van der Waals surface area contributed by atoms with Crippen LogP contribution >= 0.6 is 0 Å². The molecule has 4 heteroatoms. The second-order valence-corrected chi connectivity index (χ2v) is 8.86. The third-order valence-corrected chi connectivity index (χ3v) is 7.03. The second-order valence-electron chi connectivity index (χ2n) is 6.79. The Balaban J connectivity index is 2.17. The summed E-state index contributed by atoms with van der Waals surface area (Å²) in [7, 11) is -3.78. The van der Waals surface area contributed by atoms with Crippen LogP contribution in [0.25, 0.3) is 0 Å². The van der Waals surface area contributed by atoms with Crippen molar-refractivity contribution in [3.63, 3.8) is 0 Å². The maximum absolute atomic E-state index is 13.3. The molecule has 1 unspecified atom stereocenters. The largest absolute Gasteiger partial charge is 0.293 e. The van der Waals surface area contributed by atoms with Gasteiger partial charge < -0.3 is 0 Å². The molecule has 130 valence electrons. The van der Waals surface area contributed by atoms with Gasteiger partial charge in [-0.2, -0.15) is 0 Å². The van der Waals surface area contributed by atoms with Crippen molar-refractivity contribution in [2.24, 2.45) is 5.92 Å². The lowest BCUT2D eigenvalue weighted by Crippen LogP contribution is -2.42. The van der Waals surface area contributed by atoms with E-state index in [1.165, 1.54) is 0 Å². The van der Waals surface area contributed by atoms with Crippen LogP contribution in [0.5, 0.6) is 0 Å². The second kappa shape index (κ2) is 6.60. The van der Waals surface area contributed by atoms with Gasteiger partial charge in [-0.25, -0.2) is 8.42 Å². The Bertz CT molecular complexity index is 909. The van der Waals surface area contributed by atoms with Crippen molar-refractivity contribution in [2.75, 3.05) is 0 Å². The third kappa shape index (κ3) is 3.19. The number of hydrogen-bond donors (Lipinski definition) is 0. The van der Waals surface area contributed by atoms with Crippen molar-refractivity contribution in [1.82, 2.24) is 0 Å². The van der Waals surface area contributed by atoms with Crippen LogP contribution in [0.3, 0.4) is 0 Å². The number of carbonyl (C=O) groups is 1. The first-order chi connectivity index (χ1) is 11.8. The summed E-state index contributed by atoms with van der Waals surface area (Å²) in [5, 5.41) is -1.09. The van der Waals surface area contributed by atoms with Crippen molar-refractivity contribution in [1.29, 1.82) is 0 Å². The molecule has 0 aromatic heterocycles. The minimum absolute atomic E-state index is 0.0367. The highest BCUT2D eigenvalue weighted by molar-refractivity contribution is 7.93. The molecular formula is C21H22O3S. The molecule has 1 aliphatic carbocycles. The standard InChI is InChI=1S/C21H22O3S/c1-14-9-11-18(12-10-14)25(23,24)21-19(17-7-5-4-6-8-17)15(2)13-16(3)20(21)22/h4-13,15,19,21H,1-3H3/t15-,19?,21-/m0/s1. The normalized spacial score (nSPS) is 24.0. The molecule has 0 radical (unpaired) electrons. The minimum atomic E-state index is -3.78. The Morgan fingerprint density at radius 1 is 0.880 bits per heavy atom. The summed E-state index contributed by atoms with van der Waals surface area (Å²) < 4.78 is 26.7. The van der Waals surface area contributed by atoms with E-state index in [-0.39, 0.29) is 22.5 Å². The van der Waals surface area contributed by atoms with Crippen molar-refractivity contribution in [3.05, 3.63) is 77.4 Å². The first kappa shape index (κ1) is 17.6. The Morgan fingerprint density at radius 3 is 2.08 bits per heavy atom. The number of rotatable bonds is 3. The van der Waals surface area contributed by atoms with Gasteiger partial charge in [0.05, 0.1) is 4.90 Å². The molecule has 1 aliphatic rings. The third-order valence-electron chi connectivity index (χ3n) is 4.92. The van der Waals surface area contributed by atoms with Crippen molar-refractivity contribution in [3.8, 4) is 0 Å². The zero-order valence-electron chi connectivity index (χ0n) is 14.6. The van der Waals surface area contributed by atoms with Gasteiger partial charge in [0, 0.05) is 5.92 Å².